The van der Waals surface area contributed by atoms with Crippen molar-refractivity contribution in [1.29, 1.82) is 0 Å². The highest BCUT2D eigenvalue weighted by Crippen LogP contribution is 2.50. The normalized spacial score (nSPS) is 24.9. The topological polar surface area (TPSA) is 72.9 Å². The molecule has 1 heterocycles. The molecule has 9 heteroatoms. The van der Waals surface area contributed by atoms with E-state index in [1.54, 1.807) is 0 Å². The summed E-state index contributed by atoms with van der Waals surface area (Å²) in [6, 6.07) is 10.6. The van der Waals surface area contributed by atoms with Crippen molar-refractivity contribution in [2.75, 3.05) is 39.8 Å². The second kappa shape index (κ2) is 8.91. The number of piperazine rings is 1. The molecule has 1 amide bonds. The molecule has 6 nitrogen and oxygen atoms in total. The summed E-state index contributed by atoms with van der Waals surface area (Å²) >= 11 is 0. The lowest BCUT2D eigenvalue weighted by Crippen LogP contribution is -2.50. The minimum Gasteiger partial charge on any atom is -0.475 e. The van der Waals surface area contributed by atoms with Gasteiger partial charge in [-0.25, -0.2) is 4.79 Å². The Morgan fingerprint density at radius 2 is 1.71 bits per heavy atom. The van der Waals surface area contributed by atoms with E-state index in [0.29, 0.717) is 12.5 Å². The van der Waals surface area contributed by atoms with Crippen molar-refractivity contribution in [2.24, 2.45) is 0 Å². The van der Waals surface area contributed by atoms with E-state index in [2.05, 4.69) is 48.5 Å². The second-order valence-electron chi connectivity index (χ2n) is 7.43. The number of carbonyl (C=O) groups is 2. The highest BCUT2D eigenvalue weighted by atomic mass is 19.4. The maximum Gasteiger partial charge on any atom is 0.490 e. The Kier molecular flexibility index (Phi) is 7.06. The molecule has 1 aromatic carbocycles. The molecule has 3 rings (SSSR count). The molecule has 1 saturated heterocycles. The van der Waals surface area contributed by atoms with Crippen molar-refractivity contribution in [1.82, 2.24) is 15.1 Å². The molecule has 2 aliphatic rings. The van der Waals surface area contributed by atoms with E-state index < -0.39 is 12.1 Å². The summed E-state index contributed by atoms with van der Waals surface area (Å²) in [6.07, 6.45) is -3.97. The van der Waals surface area contributed by atoms with Crippen LogP contribution in [0, 0.1) is 0 Å². The predicted octanol–water partition coefficient (Wildman–Crippen LogP) is 1.93. The first-order valence-electron chi connectivity index (χ1n) is 9.09. The van der Waals surface area contributed by atoms with Gasteiger partial charge in [0.15, 0.2) is 0 Å². The molecule has 0 radical (unpaired) electrons. The third-order valence-corrected chi connectivity index (χ3v) is 5.18. The number of amides is 1. The minimum atomic E-state index is -5.08. The molecule has 1 aliphatic carbocycles. The number of aliphatic carboxylic acids is 1. The largest absolute Gasteiger partial charge is 0.490 e. The third-order valence-electron chi connectivity index (χ3n) is 5.18. The van der Waals surface area contributed by atoms with Crippen LogP contribution in [-0.2, 0) is 9.59 Å². The van der Waals surface area contributed by atoms with Crippen LogP contribution in [0.3, 0.4) is 0 Å². The Balaban J connectivity index is 0.000000345. The van der Waals surface area contributed by atoms with E-state index in [1.807, 2.05) is 11.0 Å². The maximum atomic E-state index is 12.3. The highest BCUT2D eigenvalue weighted by Gasteiger charge is 2.50. The average molecular weight is 401 g/mol. The molecule has 2 atom stereocenters. The number of carbonyl (C=O) groups excluding carboxylic acids is 1. The van der Waals surface area contributed by atoms with Gasteiger partial charge in [-0.2, -0.15) is 13.2 Å². The molecule has 2 fully saturated rings. The summed E-state index contributed by atoms with van der Waals surface area (Å²) in [5, 5.41) is 10.6. The Morgan fingerprint density at radius 3 is 2.21 bits per heavy atom. The lowest BCUT2D eigenvalue weighted by Gasteiger charge is -2.32. The summed E-state index contributed by atoms with van der Waals surface area (Å²) in [5.41, 5.74) is 1.46. The van der Waals surface area contributed by atoms with Crippen molar-refractivity contribution >= 4 is 11.9 Å². The number of halogens is 3. The van der Waals surface area contributed by atoms with Gasteiger partial charge in [-0.3, -0.25) is 4.79 Å². The average Bonchev–Trinajstić information content (AvgIpc) is 3.33. The van der Waals surface area contributed by atoms with Gasteiger partial charge in [0.05, 0.1) is 6.54 Å². The molecule has 156 valence electrons. The molecule has 1 saturated carbocycles. The zero-order valence-electron chi connectivity index (χ0n) is 16.0. The van der Waals surface area contributed by atoms with Crippen LogP contribution in [0.5, 0.6) is 0 Å². The van der Waals surface area contributed by atoms with Crippen LogP contribution in [0.15, 0.2) is 30.3 Å². The van der Waals surface area contributed by atoms with Gasteiger partial charge in [-0.05, 0) is 26.0 Å². The summed E-state index contributed by atoms with van der Waals surface area (Å²) < 4.78 is 31.7. The van der Waals surface area contributed by atoms with E-state index in [1.165, 1.54) is 5.56 Å². The number of rotatable bonds is 4. The quantitative estimate of drug-likeness (QED) is 0.807. The first-order valence-corrected chi connectivity index (χ1v) is 9.09. The standard InChI is InChI=1S/C17H25N3O.C2HF3O2/c1-17(12-15(17)14-6-4-3-5-7-14)18-13-16(21)20-10-8-19(2)9-11-20;3-2(4,5)1(6)7/h3-7,15,18H,8-13H2,1-2H3;(H,6,7)/t15-,17+;/m0./s1. The number of likely N-dealkylation sites (N-methyl/N-ethyl adjacent to an activating group) is 1. The summed E-state index contributed by atoms with van der Waals surface area (Å²) in [7, 11) is 2.11. The number of hydrogen-bond donors (Lipinski definition) is 2. The Hall–Kier alpha value is -2.13. The number of nitrogens with zero attached hydrogens (tertiary/aromatic N) is 2. The molecular weight excluding hydrogens is 375 g/mol. The summed E-state index contributed by atoms with van der Waals surface area (Å²) in [4.78, 5) is 25.4. The van der Waals surface area contributed by atoms with Crippen molar-refractivity contribution < 1.29 is 27.9 Å². The lowest BCUT2D eigenvalue weighted by molar-refractivity contribution is -0.192. The van der Waals surface area contributed by atoms with Crippen molar-refractivity contribution in [3.63, 3.8) is 0 Å². The molecule has 0 unspecified atom stereocenters. The zero-order valence-corrected chi connectivity index (χ0v) is 16.0. The Bertz CT molecular complexity index is 676. The first kappa shape index (κ1) is 22.2. The first-order chi connectivity index (χ1) is 13.0. The van der Waals surface area contributed by atoms with Gasteiger partial charge in [0.25, 0.3) is 0 Å². The molecule has 28 heavy (non-hydrogen) atoms. The second-order valence-corrected chi connectivity index (χ2v) is 7.43. The van der Waals surface area contributed by atoms with E-state index in [0.717, 1.165) is 32.6 Å². The minimum absolute atomic E-state index is 0.0869. The molecule has 1 aromatic rings. The summed E-state index contributed by atoms with van der Waals surface area (Å²) in [5.74, 6) is -1.98. The fourth-order valence-corrected chi connectivity index (χ4v) is 3.18. The lowest BCUT2D eigenvalue weighted by atomic mass is 10.1. The van der Waals surface area contributed by atoms with Crippen LogP contribution in [0.4, 0.5) is 13.2 Å². The molecule has 2 N–H and O–H groups in total. The molecule has 0 aromatic heterocycles. The van der Waals surface area contributed by atoms with E-state index in [9.17, 15) is 18.0 Å². The fraction of sp³-hybridized carbons (Fsp3) is 0.579. The van der Waals surface area contributed by atoms with Gasteiger partial charge in [0, 0.05) is 37.6 Å². The third kappa shape index (κ3) is 6.20. The van der Waals surface area contributed by atoms with Gasteiger partial charge >= 0.3 is 12.1 Å². The highest BCUT2D eigenvalue weighted by molar-refractivity contribution is 5.78. The van der Waals surface area contributed by atoms with E-state index >= 15 is 0 Å². The fourth-order valence-electron chi connectivity index (χ4n) is 3.18. The van der Waals surface area contributed by atoms with Gasteiger partial charge in [-0.1, -0.05) is 30.3 Å². The molecule has 1 aliphatic heterocycles. The number of nitrogens with one attached hydrogen (secondary N) is 1. The Morgan fingerprint density at radius 1 is 1.18 bits per heavy atom. The molecule has 0 bridgehead atoms. The van der Waals surface area contributed by atoms with Crippen LogP contribution in [0.25, 0.3) is 0 Å². The number of benzene rings is 1. The molecular formula is C19H26F3N3O3. The predicted molar refractivity (Wildman–Crippen MR) is 98.0 cm³/mol. The van der Waals surface area contributed by atoms with Gasteiger partial charge in [-0.15, -0.1) is 0 Å². The number of carboxylic acids is 1. The van der Waals surface area contributed by atoms with Crippen LogP contribution >= 0.6 is 0 Å². The van der Waals surface area contributed by atoms with Crippen LogP contribution in [0.1, 0.15) is 24.8 Å². The van der Waals surface area contributed by atoms with E-state index in [4.69, 9.17) is 9.90 Å². The maximum absolute atomic E-state index is 12.3. The van der Waals surface area contributed by atoms with Crippen LogP contribution < -0.4 is 5.32 Å². The number of hydrogen-bond acceptors (Lipinski definition) is 4. The van der Waals surface area contributed by atoms with Crippen molar-refractivity contribution in [3.05, 3.63) is 35.9 Å². The smallest absolute Gasteiger partial charge is 0.475 e. The van der Waals surface area contributed by atoms with Crippen molar-refractivity contribution in [2.45, 2.75) is 31.0 Å². The summed E-state index contributed by atoms with van der Waals surface area (Å²) in [6.45, 7) is 6.36. The van der Waals surface area contributed by atoms with Crippen molar-refractivity contribution in [3.8, 4) is 0 Å². The van der Waals surface area contributed by atoms with Crippen LogP contribution in [0.2, 0.25) is 0 Å². The van der Waals surface area contributed by atoms with Gasteiger partial charge in [0.1, 0.15) is 0 Å². The zero-order chi connectivity index (χ0) is 20.9. The SMILES string of the molecule is CN1CCN(C(=O)CN[C@]2(C)C[C@H]2c2ccccc2)CC1.O=C(O)C(F)(F)F. The van der Waals surface area contributed by atoms with Gasteiger partial charge in [0.2, 0.25) is 5.91 Å². The number of carboxylic acid groups (broad SMARTS) is 1. The van der Waals surface area contributed by atoms with Gasteiger partial charge < -0.3 is 20.2 Å². The van der Waals surface area contributed by atoms with E-state index in [-0.39, 0.29) is 11.4 Å². The number of alkyl halides is 3. The molecule has 0 spiro atoms. The monoisotopic (exact) mass is 401 g/mol. The Labute approximate surface area is 162 Å². The van der Waals surface area contributed by atoms with Crippen LogP contribution in [-0.4, -0.2) is 78.3 Å².